The summed E-state index contributed by atoms with van der Waals surface area (Å²) >= 11 is 0. The molecule has 1 aromatic heterocycles. The number of aromatic nitrogens is 1. The third kappa shape index (κ3) is 9.05. The van der Waals surface area contributed by atoms with Gasteiger partial charge in [-0.2, -0.15) is 8.42 Å². The number of methoxy groups -OCH3 is 1. The number of carbonyl (C=O) groups is 4. The van der Waals surface area contributed by atoms with Crippen molar-refractivity contribution in [2.24, 2.45) is 17.8 Å². The Morgan fingerprint density at radius 1 is 1.12 bits per heavy atom. The van der Waals surface area contributed by atoms with E-state index in [0.29, 0.717) is 50.0 Å². The second kappa shape index (κ2) is 15.8. The first-order valence-electron chi connectivity index (χ1n) is 19.1. The Labute approximate surface area is 332 Å². The average molecular weight is 806 g/mol. The van der Waals surface area contributed by atoms with Crippen LogP contribution in [0.25, 0.3) is 10.8 Å². The molecular weight excluding hydrogens is 747 g/mol. The highest BCUT2D eigenvalue weighted by Crippen LogP contribution is 2.48. The molecule has 17 heteroatoms. The first-order chi connectivity index (χ1) is 26.4. The molecule has 2 saturated heterocycles. The number of rotatable bonds is 14. The van der Waals surface area contributed by atoms with Crippen LogP contribution in [0, 0.1) is 17.8 Å². The van der Waals surface area contributed by atoms with Crippen LogP contribution in [0.15, 0.2) is 43.1 Å². The zero-order valence-electron chi connectivity index (χ0n) is 32.8. The lowest BCUT2D eigenvalue weighted by molar-refractivity contribution is -0.142. The number of nitrogens with one attached hydrogen (secondary N) is 3. The van der Waals surface area contributed by atoms with Crippen molar-refractivity contribution < 1.29 is 55.0 Å². The van der Waals surface area contributed by atoms with Gasteiger partial charge in [-0.25, -0.2) is 18.7 Å². The summed E-state index contributed by atoms with van der Waals surface area (Å²) in [6.45, 7) is 13.3. The fraction of sp³-hybridized carbons (Fsp3) is 0.615. The number of fused-ring (bicyclic) bond motifs is 1. The Bertz CT molecular complexity index is 1970. The van der Waals surface area contributed by atoms with Crippen LogP contribution in [0.5, 0.6) is 11.6 Å². The van der Waals surface area contributed by atoms with E-state index in [2.05, 4.69) is 22.2 Å². The molecular formula is C39H59N5O11S. The second-order valence-corrected chi connectivity index (χ2v) is 17.7. The first kappa shape index (κ1) is 41.2. The molecule has 4 amide bonds. The van der Waals surface area contributed by atoms with Crippen LogP contribution in [0.1, 0.15) is 77.4 Å². The minimum absolute atomic E-state index is 0. The lowest BCUT2D eigenvalue weighted by Crippen LogP contribution is -2.59. The van der Waals surface area contributed by atoms with Gasteiger partial charge in [0.2, 0.25) is 17.7 Å². The lowest BCUT2D eigenvalue weighted by atomic mass is 9.90. The molecule has 0 bridgehead atoms. The smallest absolute Gasteiger partial charge is 0.408 e. The SMILES string of the molecule is C=C[C@@H]1C[C@]1(NC(=O)C1C[C@@H](Oc2nccc3cc(OC)ccc23)CN1C(=O)[C@@H](NC(=O)OC(C)(C)C)C1CCOCC1)C(=O)NS(=O)(=O)OC1(C(C)C)CC1.[HH].[HH].[HH]. The summed E-state index contributed by atoms with van der Waals surface area (Å²) in [5, 5.41) is 7.03. The Hall–Kier alpha value is -4.48. The molecule has 0 radical (unpaired) electrons. The van der Waals surface area contributed by atoms with E-state index in [1.807, 2.05) is 24.6 Å². The van der Waals surface area contributed by atoms with Crippen LogP contribution in [0.4, 0.5) is 4.79 Å². The molecule has 4 aliphatic rings. The summed E-state index contributed by atoms with van der Waals surface area (Å²) in [6, 6.07) is 4.95. The van der Waals surface area contributed by atoms with Gasteiger partial charge in [0.1, 0.15) is 35.1 Å². The van der Waals surface area contributed by atoms with Crippen molar-refractivity contribution in [1.82, 2.24) is 25.2 Å². The van der Waals surface area contributed by atoms with Crippen molar-refractivity contribution in [2.75, 3.05) is 26.9 Å². The van der Waals surface area contributed by atoms with Crippen LogP contribution in [0.2, 0.25) is 0 Å². The van der Waals surface area contributed by atoms with E-state index in [9.17, 15) is 27.6 Å². The molecule has 3 heterocycles. The molecule has 4 fully saturated rings. The standard InChI is InChI=1S/C39H53N5O11S.3H2/c1-8-26-21-39(26,35(47)43-56(49,50)55-38(14-15-38)23(2)3)42-32(45)30-20-28(53-33-29-10-9-27(51-7)19-25(29)11-16-40-33)22-44(30)34(46)31(24-12-17-52-18-13-24)41-36(48)54-37(4,5)6;;;/h8-11,16,19,23-24,26,28,30-31H,1,12-15,17-18,20-22H2,2-7H3,(H,41,48)(H,42,45)(H,43,47);3*1H/t26-,28-,30?,31+,39-;;;/m1.../s1. The van der Waals surface area contributed by atoms with Crippen LogP contribution in [-0.4, -0.2) is 104 Å². The summed E-state index contributed by atoms with van der Waals surface area (Å²) in [5.74, 6) is -2.34. The van der Waals surface area contributed by atoms with Crippen molar-refractivity contribution in [2.45, 2.75) is 108 Å². The van der Waals surface area contributed by atoms with E-state index in [1.165, 1.54) is 11.0 Å². The maximum absolute atomic E-state index is 14.7. The quantitative estimate of drug-likeness (QED) is 0.229. The fourth-order valence-electron chi connectivity index (χ4n) is 7.59. The number of pyridine rings is 1. The van der Waals surface area contributed by atoms with Crippen molar-refractivity contribution in [3.8, 4) is 11.6 Å². The Balaban J connectivity index is 0.00000310. The molecule has 2 saturated carbocycles. The summed E-state index contributed by atoms with van der Waals surface area (Å²) < 4.78 is 56.5. The van der Waals surface area contributed by atoms with Gasteiger partial charge in [-0.15, -0.1) is 6.58 Å². The summed E-state index contributed by atoms with van der Waals surface area (Å²) in [4.78, 5) is 61.8. The summed E-state index contributed by atoms with van der Waals surface area (Å²) in [5.41, 5.74) is -3.39. The molecule has 312 valence electrons. The van der Waals surface area contributed by atoms with Gasteiger partial charge >= 0.3 is 16.4 Å². The molecule has 2 aliphatic carbocycles. The lowest BCUT2D eigenvalue weighted by Gasteiger charge is -2.35. The summed E-state index contributed by atoms with van der Waals surface area (Å²) in [6.07, 6.45) is 3.60. The highest BCUT2D eigenvalue weighted by Gasteiger charge is 2.62. The number of ether oxygens (including phenoxy) is 4. The number of hydrogen-bond acceptors (Lipinski definition) is 12. The predicted octanol–water partition coefficient (Wildman–Crippen LogP) is 4.28. The molecule has 56 heavy (non-hydrogen) atoms. The van der Waals surface area contributed by atoms with Gasteiger partial charge in [0.25, 0.3) is 5.91 Å². The first-order valence-corrected chi connectivity index (χ1v) is 20.5. The van der Waals surface area contributed by atoms with Gasteiger partial charge in [-0.3, -0.25) is 14.4 Å². The number of carbonyl (C=O) groups excluding carboxylic acids is 4. The van der Waals surface area contributed by atoms with Gasteiger partial charge in [0.05, 0.1) is 19.3 Å². The minimum atomic E-state index is -4.54. The van der Waals surface area contributed by atoms with Crippen LogP contribution in [-0.2, 0) is 38.3 Å². The predicted molar refractivity (Wildman–Crippen MR) is 210 cm³/mol. The maximum Gasteiger partial charge on any atom is 0.408 e. The van der Waals surface area contributed by atoms with E-state index in [-0.39, 0.29) is 41.4 Å². The molecule has 6 rings (SSSR count). The average Bonchev–Trinajstić information content (AvgIpc) is 4.03. The number of hydrogen-bond donors (Lipinski definition) is 3. The molecule has 2 aliphatic heterocycles. The normalized spacial score (nSPS) is 25.2. The number of amides is 4. The van der Waals surface area contributed by atoms with Crippen LogP contribution < -0.4 is 24.8 Å². The van der Waals surface area contributed by atoms with E-state index in [1.54, 1.807) is 52.3 Å². The maximum atomic E-state index is 14.7. The van der Waals surface area contributed by atoms with Crippen molar-refractivity contribution >= 4 is 44.9 Å². The van der Waals surface area contributed by atoms with E-state index >= 15 is 0 Å². The highest BCUT2D eigenvalue weighted by atomic mass is 32.2. The third-order valence-electron chi connectivity index (χ3n) is 11.1. The van der Waals surface area contributed by atoms with E-state index in [0.717, 1.165) is 5.39 Å². The van der Waals surface area contributed by atoms with Crippen LogP contribution in [0.3, 0.4) is 0 Å². The van der Waals surface area contributed by atoms with Gasteiger partial charge in [0, 0.05) is 41.4 Å². The van der Waals surface area contributed by atoms with Crippen molar-refractivity contribution in [3.63, 3.8) is 0 Å². The van der Waals surface area contributed by atoms with Crippen molar-refractivity contribution in [1.29, 1.82) is 0 Å². The fourth-order valence-corrected chi connectivity index (χ4v) is 8.83. The zero-order chi connectivity index (χ0) is 40.6. The van der Waals surface area contributed by atoms with E-state index < -0.39 is 75.0 Å². The number of likely N-dealkylation sites (tertiary alicyclic amines) is 1. The number of benzene rings is 1. The number of nitrogens with zero attached hydrogens (tertiary/aromatic N) is 2. The molecule has 5 atom stereocenters. The van der Waals surface area contributed by atoms with Gasteiger partial charge < -0.3 is 34.5 Å². The Morgan fingerprint density at radius 3 is 2.45 bits per heavy atom. The van der Waals surface area contributed by atoms with Gasteiger partial charge in [-0.1, -0.05) is 19.9 Å². The molecule has 3 N–H and O–H groups in total. The zero-order valence-corrected chi connectivity index (χ0v) is 33.6. The molecule has 16 nitrogen and oxygen atoms in total. The Kier molecular flexibility index (Phi) is 11.6. The third-order valence-corrected chi connectivity index (χ3v) is 12.1. The van der Waals surface area contributed by atoms with Gasteiger partial charge in [-0.05, 0) is 94.4 Å². The number of alkyl carbamates (subject to hydrolysis) is 1. The van der Waals surface area contributed by atoms with Crippen LogP contribution >= 0.6 is 0 Å². The summed E-state index contributed by atoms with van der Waals surface area (Å²) in [7, 11) is -2.97. The second-order valence-electron chi connectivity index (χ2n) is 16.5. The molecule has 1 unspecified atom stereocenters. The topological polar surface area (TPSA) is 201 Å². The van der Waals surface area contributed by atoms with E-state index in [4.69, 9.17) is 23.1 Å². The van der Waals surface area contributed by atoms with Crippen molar-refractivity contribution in [3.05, 3.63) is 43.1 Å². The van der Waals surface area contributed by atoms with Gasteiger partial charge in [0.15, 0.2) is 0 Å². The molecule has 2 aromatic rings. The molecule has 1 aromatic carbocycles. The monoisotopic (exact) mass is 805 g/mol. The highest BCUT2D eigenvalue weighted by molar-refractivity contribution is 7.85. The minimum Gasteiger partial charge on any atom is -0.497 e. The molecule has 0 spiro atoms. The Morgan fingerprint density at radius 2 is 1.84 bits per heavy atom. The largest absolute Gasteiger partial charge is 0.497 e.